The van der Waals surface area contributed by atoms with Crippen molar-refractivity contribution in [2.24, 2.45) is 17.8 Å². The summed E-state index contributed by atoms with van der Waals surface area (Å²) in [6.45, 7) is 2.42. The zero-order valence-corrected chi connectivity index (χ0v) is 25.9. The summed E-state index contributed by atoms with van der Waals surface area (Å²) in [5.74, 6) is 1.25. The smallest absolute Gasteiger partial charge is 0.0358 e. The molecule has 4 aromatic carbocycles. The molecule has 212 valence electrons. The first kappa shape index (κ1) is 25.2. The summed E-state index contributed by atoms with van der Waals surface area (Å²) in [5.41, 5.74) is 14.8. The quantitative estimate of drug-likeness (QED) is 0.199. The Bertz CT molecular complexity index is 2330. The summed E-state index contributed by atoms with van der Waals surface area (Å²) in [7, 11) is 0. The second-order valence-electron chi connectivity index (χ2n) is 13.5. The Hall–Kier alpha value is -4.20. The highest BCUT2D eigenvalue weighted by Crippen LogP contribution is 2.46. The van der Waals surface area contributed by atoms with E-state index in [1.807, 2.05) is 11.3 Å². The molecule has 0 nitrogen and oxygen atoms in total. The minimum absolute atomic E-state index is 0.394. The molecule has 0 saturated heterocycles. The van der Waals surface area contributed by atoms with Gasteiger partial charge in [0.2, 0.25) is 0 Å². The lowest BCUT2D eigenvalue weighted by atomic mass is 9.66. The molecule has 0 radical (unpaired) electrons. The fourth-order valence-corrected chi connectivity index (χ4v) is 9.75. The first-order chi connectivity index (χ1) is 21.7. The normalized spacial score (nSPS) is 22.9. The number of aryl methyl sites for hydroxylation is 4. The van der Waals surface area contributed by atoms with Crippen molar-refractivity contribution >= 4 is 48.2 Å². The molecule has 0 N–H and O–H groups in total. The predicted octanol–water partition coefficient (Wildman–Crippen LogP) is 9.02. The topological polar surface area (TPSA) is 0 Å². The van der Waals surface area contributed by atoms with E-state index < -0.39 is 0 Å². The van der Waals surface area contributed by atoms with Gasteiger partial charge in [-0.25, -0.2) is 0 Å². The third-order valence-electron chi connectivity index (χ3n) is 11.1. The molecule has 1 heterocycles. The average molecular weight is 583 g/mol. The van der Waals surface area contributed by atoms with Crippen LogP contribution in [0, 0.1) is 17.8 Å². The van der Waals surface area contributed by atoms with Gasteiger partial charge in [0.05, 0.1) is 0 Å². The highest BCUT2D eigenvalue weighted by atomic mass is 32.1. The fraction of sp³-hybridized carbons (Fsp3) is 0.209. The zero-order valence-electron chi connectivity index (χ0n) is 25.1. The highest BCUT2D eigenvalue weighted by molar-refractivity contribution is 7.25. The van der Waals surface area contributed by atoms with E-state index >= 15 is 0 Å². The van der Waals surface area contributed by atoms with Crippen LogP contribution in [-0.4, -0.2) is 0 Å². The van der Waals surface area contributed by atoms with Crippen molar-refractivity contribution in [2.75, 3.05) is 0 Å². The number of hydrogen-bond donors (Lipinski definition) is 0. The van der Waals surface area contributed by atoms with Crippen molar-refractivity contribution in [1.29, 1.82) is 0 Å². The van der Waals surface area contributed by atoms with E-state index in [1.165, 1.54) is 95.3 Å². The summed E-state index contributed by atoms with van der Waals surface area (Å²) < 4.78 is 2.84. The minimum atomic E-state index is 0.394. The average Bonchev–Trinajstić information content (AvgIpc) is 3.39. The number of fused-ring (bicyclic) bond motifs is 7. The molecule has 3 unspecified atom stereocenters. The molecule has 5 aromatic rings. The van der Waals surface area contributed by atoms with Gasteiger partial charge in [0.25, 0.3) is 0 Å². The molecular weight excluding hydrogens is 549 g/mol. The Morgan fingerprint density at radius 3 is 2.25 bits per heavy atom. The molecule has 44 heavy (non-hydrogen) atoms. The summed E-state index contributed by atoms with van der Waals surface area (Å²) in [5, 5.41) is 5.71. The summed E-state index contributed by atoms with van der Waals surface area (Å²) >= 11 is 1.95. The second kappa shape index (κ2) is 9.40. The van der Waals surface area contributed by atoms with E-state index in [0.29, 0.717) is 17.8 Å². The maximum Gasteiger partial charge on any atom is 0.0358 e. The van der Waals surface area contributed by atoms with Gasteiger partial charge in [-0.3, -0.25) is 0 Å². The molecule has 0 fully saturated rings. The van der Waals surface area contributed by atoms with Gasteiger partial charge in [0.1, 0.15) is 0 Å². The summed E-state index contributed by atoms with van der Waals surface area (Å²) in [4.78, 5) is 0. The Kier molecular flexibility index (Phi) is 5.37. The summed E-state index contributed by atoms with van der Waals surface area (Å²) in [6, 6.07) is 28.5. The third-order valence-corrected chi connectivity index (χ3v) is 12.3. The van der Waals surface area contributed by atoms with Gasteiger partial charge in [0.15, 0.2) is 0 Å². The standard InChI is InChI=1S/C43H34S/c1-25-5-4-8-36-41(25)43(35-7-3-2-6-34(35)42(36)33-18-12-26-11-15-29(26)21-33)28-13-9-27(10-14-28)30-19-20-39-37(22-30)38-23-31-16-17-32(31)24-40(38)44-39/h2-10,12-13,18-25,28,41H,11,14-17H2,1H3. The molecule has 1 heteroatoms. The van der Waals surface area contributed by atoms with E-state index in [1.54, 1.807) is 16.7 Å². The number of allylic oxidation sites excluding steroid dienone is 8. The van der Waals surface area contributed by atoms with Gasteiger partial charge < -0.3 is 0 Å². The predicted molar refractivity (Wildman–Crippen MR) is 187 cm³/mol. The Morgan fingerprint density at radius 2 is 1.45 bits per heavy atom. The Labute approximate surface area is 262 Å². The first-order valence-electron chi connectivity index (χ1n) is 16.4. The van der Waals surface area contributed by atoms with Crippen molar-refractivity contribution < 1.29 is 0 Å². The lowest BCUT2D eigenvalue weighted by molar-refractivity contribution is 0.562. The second-order valence-corrected chi connectivity index (χ2v) is 14.6. The molecule has 5 aliphatic rings. The van der Waals surface area contributed by atoms with Gasteiger partial charge in [-0.1, -0.05) is 91.9 Å². The molecule has 10 rings (SSSR count). The van der Waals surface area contributed by atoms with Crippen molar-refractivity contribution in [2.45, 2.75) is 39.0 Å². The van der Waals surface area contributed by atoms with E-state index in [4.69, 9.17) is 0 Å². The molecule has 0 saturated carbocycles. The van der Waals surface area contributed by atoms with Crippen LogP contribution in [-0.2, 0) is 25.7 Å². The van der Waals surface area contributed by atoms with Gasteiger partial charge in [0, 0.05) is 32.0 Å². The van der Waals surface area contributed by atoms with E-state index in [-0.39, 0.29) is 0 Å². The number of hydrogen-bond acceptors (Lipinski definition) is 1. The van der Waals surface area contributed by atoms with Crippen molar-refractivity contribution in [3.05, 3.63) is 159 Å². The number of rotatable bonds is 3. The lowest BCUT2D eigenvalue weighted by Crippen LogP contribution is -2.41. The highest BCUT2D eigenvalue weighted by Gasteiger charge is 2.35. The van der Waals surface area contributed by atoms with Crippen molar-refractivity contribution in [3.63, 3.8) is 0 Å². The number of thiophene rings is 1. The fourth-order valence-electron chi connectivity index (χ4n) is 8.61. The molecule has 0 amide bonds. The van der Waals surface area contributed by atoms with Crippen LogP contribution in [0.3, 0.4) is 0 Å². The molecular formula is C43H34S. The Morgan fingerprint density at radius 1 is 0.682 bits per heavy atom. The van der Waals surface area contributed by atoms with E-state index in [0.717, 1.165) is 6.42 Å². The van der Waals surface area contributed by atoms with Crippen molar-refractivity contribution in [3.8, 4) is 0 Å². The van der Waals surface area contributed by atoms with Crippen LogP contribution in [0.5, 0.6) is 0 Å². The largest absolute Gasteiger partial charge is 0.135 e. The van der Waals surface area contributed by atoms with Gasteiger partial charge in [-0.15, -0.1) is 11.3 Å². The van der Waals surface area contributed by atoms with Crippen molar-refractivity contribution in [1.82, 2.24) is 0 Å². The number of benzene rings is 4. The maximum absolute atomic E-state index is 2.51. The third kappa shape index (κ3) is 3.63. The summed E-state index contributed by atoms with van der Waals surface area (Å²) in [6.07, 6.45) is 20.5. The van der Waals surface area contributed by atoms with Crippen LogP contribution < -0.4 is 10.4 Å². The van der Waals surface area contributed by atoms with E-state index in [9.17, 15) is 0 Å². The maximum atomic E-state index is 2.51. The van der Waals surface area contributed by atoms with E-state index in [2.05, 4.69) is 116 Å². The molecule has 0 aliphatic heterocycles. The monoisotopic (exact) mass is 582 g/mol. The van der Waals surface area contributed by atoms with Crippen LogP contribution in [0.1, 0.15) is 46.7 Å². The Balaban J connectivity index is 1.08. The molecule has 0 bridgehead atoms. The molecule has 1 aromatic heterocycles. The van der Waals surface area contributed by atoms with Gasteiger partial charge in [-0.05, 0) is 128 Å². The first-order valence-corrected chi connectivity index (χ1v) is 17.2. The minimum Gasteiger partial charge on any atom is -0.135 e. The van der Waals surface area contributed by atoms with Gasteiger partial charge >= 0.3 is 0 Å². The molecule has 5 aliphatic carbocycles. The lowest BCUT2D eigenvalue weighted by Gasteiger charge is -2.38. The van der Waals surface area contributed by atoms with Crippen LogP contribution >= 0.6 is 11.3 Å². The molecule has 3 atom stereocenters. The van der Waals surface area contributed by atoms with Crippen LogP contribution in [0.15, 0.2) is 115 Å². The van der Waals surface area contributed by atoms with Gasteiger partial charge in [-0.2, -0.15) is 0 Å². The van der Waals surface area contributed by atoms with Crippen LogP contribution in [0.4, 0.5) is 0 Å². The van der Waals surface area contributed by atoms with Crippen LogP contribution in [0.25, 0.3) is 36.9 Å². The van der Waals surface area contributed by atoms with Crippen LogP contribution in [0.2, 0.25) is 0 Å². The SMILES string of the molecule is CC1C=CC=C2C(c3ccc4c(c3)CC4)=c3ccccc3=C(C3C=CC(c4ccc5sc6cc7c(cc6c5c4)CC7)=CC3)C21. The zero-order chi connectivity index (χ0) is 28.9. The molecule has 0 spiro atoms.